The minimum Gasteiger partial charge on any atom is -0.350 e. The van der Waals surface area contributed by atoms with Crippen LogP contribution in [0.15, 0.2) is 29.8 Å². The molecule has 18 heavy (non-hydrogen) atoms. The Hall–Kier alpha value is -1.46. The summed E-state index contributed by atoms with van der Waals surface area (Å²) in [6.45, 7) is 2.55. The molecule has 1 N–H and O–H groups in total. The number of carbonyl (C=O) groups excluding carboxylic acids is 1. The Labute approximate surface area is 114 Å². The topological polar surface area (TPSA) is 54.9 Å². The van der Waals surface area contributed by atoms with Gasteiger partial charge in [0.25, 0.3) is 5.91 Å². The summed E-state index contributed by atoms with van der Waals surface area (Å²) in [7, 11) is 0. The zero-order valence-electron chi connectivity index (χ0n) is 9.76. The second kappa shape index (κ2) is 5.93. The lowest BCUT2D eigenvalue weighted by atomic mass is 10.2. The van der Waals surface area contributed by atoms with E-state index in [2.05, 4.69) is 15.3 Å². The van der Waals surface area contributed by atoms with E-state index in [1.165, 1.54) is 0 Å². The maximum absolute atomic E-state index is 11.8. The monoisotopic (exact) mass is 281 g/mol. The first-order valence-electron chi connectivity index (χ1n) is 5.47. The van der Waals surface area contributed by atoms with Gasteiger partial charge in [-0.05, 0) is 12.1 Å². The third-order valence-electron chi connectivity index (χ3n) is 2.39. The number of nitrogens with one attached hydrogen (secondary N) is 1. The van der Waals surface area contributed by atoms with Crippen molar-refractivity contribution in [2.75, 3.05) is 6.54 Å². The second-order valence-corrected chi connectivity index (χ2v) is 5.14. The molecule has 2 heterocycles. The molecule has 0 radical (unpaired) electrons. The van der Waals surface area contributed by atoms with Gasteiger partial charge in [-0.25, -0.2) is 9.97 Å². The number of amides is 1. The van der Waals surface area contributed by atoms with Crippen LogP contribution < -0.4 is 5.32 Å². The van der Waals surface area contributed by atoms with Gasteiger partial charge >= 0.3 is 0 Å². The predicted molar refractivity (Wildman–Crippen MR) is 72.1 cm³/mol. The van der Waals surface area contributed by atoms with Crippen LogP contribution >= 0.6 is 22.9 Å². The average Bonchev–Trinajstić information content (AvgIpc) is 2.89. The van der Waals surface area contributed by atoms with Crippen molar-refractivity contribution in [1.82, 2.24) is 15.3 Å². The summed E-state index contributed by atoms with van der Waals surface area (Å²) in [5, 5.41) is 6.07. The molecule has 0 bridgehead atoms. The highest BCUT2D eigenvalue weighted by atomic mass is 35.5. The van der Waals surface area contributed by atoms with Gasteiger partial charge in [0, 0.05) is 24.0 Å². The molecule has 1 amide bonds. The molecule has 0 aliphatic carbocycles. The summed E-state index contributed by atoms with van der Waals surface area (Å²) in [6, 6.07) is 4.97. The first-order valence-corrected chi connectivity index (χ1v) is 6.72. The summed E-state index contributed by atoms with van der Waals surface area (Å²) in [4.78, 5) is 20.0. The molecule has 0 saturated heterocycles. The van der Waals surface area contributed by atoms with Crippen molar-refractivity contribution in [3.8, 4) is 0 Å². The predicted octanol–water partition coefficient (Wildman–Crippen LogP) is 2.73. The minimum atomic E-state index is -0.221. The number of halogens is 1. The minimum absolute atomic E-state index is 0.188. The third-order valence-corrected chi connectivity index (χ3v) is 3.61. The molecule has 2 rings (SSSR count). The molecule has 0 fully saturated rings. The van der Waals surface area contributed by atoms with Gasteiger partial charge in [0.05, 0.1) is 5.01 Å². The van der Waals surface area contributed by atoms with Crippen LogP contribution in [-0.4, -0.2) is 22.4 Å². The Balaban J connectivity index is 1.92. The Kier molecular flexibility index (Phi) is 4.28. The smallest absolute Gasteiger partial charge is 0.269 e. The quantitative estimate of drug-likeness (QED) is 0.877. The van der Waals surface area contributed by atoms with Crippen molar-refractivity contribution in [2.24, 2.45) is 0 Å². The summed E-state index contributed by atoms with van der Waals surface area (Å²) in [5.41, 5.74) is 0.328. The molecule has 94 valence electrons. The molecule has 2 aromatic rings. The Morgan fingerprint density at radius 1 is 1.56 bits per heavy atom. The number of nitrogens with zero attached hydrogens (tertiary/aromatic N) is 2. The molecule has 2 aromatic heterocycles. The molecule has 6 heteroatoms. The summed E-state index contributed by atoms with van der Waals surface area (Å²) in [6.07, 6.45) is 1.76. The van der Waals surface area contributed by atoms with Gasteiger partial charge < -0.3 is 5.32 Å². The van der Waals surface area contributed by atoms with Crippen LogP contribution in [0.2, 0.25) is 5.15 Å². The van der Waals surface area contributed by atoms with Gasteiger partial charge in [0.15, 0.2) is 0 Å². The first kappa shape index (κ1) is 13.0. The van der Waals surface area contributed by atoms with Crippen LogP contribution in [0.3, 0.4) is 0 Å². The lowest BCUT2D eigenvalue weighted by Gasteiger charge is -2.09. The van der Waals surface area contributed by atoms with E-state index in [0.29, 0.717) is 17.4 Å². The van der Waals surface area contributed by atoms with Crippen LogP contribution in [0.1, 0.15) is 28.3 Å². The SMILES string of the molecule is CC(CNC(=O)c1cccc(Cl)n1)c1nccs1. The maximum atomic E-state index is 11.8. The Morgan fingerprint density at radius 2 is 2.39 bits per heavy atom. The van der Waals surface area contributed by atoms with E-state index in [4.69, 9.17) is 11.6 Å². The average molecular weight is 282 g/mol. The van der Waals surface area contributed by atoms with Gasteiger partial charge in [0.1, 0.15) is 10.8 Å². The fourth-order valence-corrected chi connectivity index (χ4v) is 2.30. The van der Waals surface area contributed by atoms with Gasteiger partial charge in [-0.15, -0.1) is 11.3 Å². The van der Waals surface area contributed by atoms with Crippen molar-refractivity contribution in [1.29, 1.82) is 0 Å². The maximum Gasteiger partial charge on any atom is 0.269 e. The Morgan fingerprint density at radius 3 is 3.06 bits per heavy atom. The molecular formula is C12H12ClN3OS. The standard InChI is InChI=1S/C12H12ClN3OS/c1-8(12-14-5-6-18-12)7-15-11(17)9-3-2-4-10(13)16-9/h2-6,8H,7H2,1H3,(H,15,17). The highest BCUT2D eigenvalue weighted by Crippen LogP contribution is 2.16. The second-order valence-electron chi connectivity index (χ2n) is 3.83. The third kappa shape index (κ3) is 3.27. The number of rotatable bonds is 4. The fourth-order valence-electron chi connectivity index (χ4n) is 1.44. The van der Waals surface area contributed by atoms with Gasteiger partial charge in [-0.3, -0.25) is 4.79 Å². The van der Waals surface area contributed by atoms with Crippen LogP contribution in [-0.2, 0) is 0 Å². The molecule has 1 unspecified atom stereocenters. The summed E-state index contributed by atoms with van der Waals surface area (Å²) in [5.74, 6) is -0.0333. The lowest BCUT2D eigenvalue weighted by Crippen LogP contribution is -2.28. The van der Waals surface area contributed by atoms with Crippen LogP contribution in [0.25, 0.3) is 0 Å². The largest absolute Gasteiger partial charge is 0.350 e. The van der Waals surface area contributed by atoms with Crippen molar-refractivity contribution in [2.45, 2.75) is 12.8 Å². The molecule has 0 aliphatic heterocycles. The number of carbonyl (C=O) groups is 1. The van der Waals surface area contributed by atoms with Gasteiger partial charge in [-0.1, -0.05) is 24.6 Å². The molecule has 0 aliphatic rings. The zero-order chi connectivity index (χ0) is 13.0. The first-order chi connectivity index (χ1) is 8.66. The molecule has 4 nitrogen and oxygen atoms in total. The number of pyridine rings is 1. The van der Waals surface area contributed by atoms with E-state index in [1.807, 2.05) is 12.3 Å². The number of hydrogen-bond acceptors (Lipinski definition) is 4. The van der Waals surface area contributed by atoms with E-state index in [-0.39, 0.29) is 11.8 Å². The molecule has 0 spiro atoms. The lowest BCUT2D eigenvalue weighted by molar-refractivity contribution is 0.0946. The normalized spacial score (nSPS) is 12.1. The molecule has 1 atom stereocenters. The van der Waals surface area contributed by atoms with E-state index >= 15 is 0 Å². The van der Waals surface area contributed by atoms with Gasteiger partial charge in [0.2, 0.25) is 0 Å². The highest BCUT2D eigenvalue weighted by Gasteiger charge is 2.12. The van der Waals surface area contributed by atoms with Crippen molar-refractivity contribution in [3.63, 3.8) is 0 Å². The van der Waals surface area contributed by atoms with Crippen LogP contribution in [0.4, 0.5) is 0 Å². The van der Waals surface area contributed by atoms with E-state index in [0.717, 1.165) is 5.01 Å². The summed E-state index contributed by atoms with van der Waals surface area (Å²) >= 11 is 7.32. The van der Waals surface area contributed by atoms with Crippen molar-refractivity contribution < 1.29 is 4.79 Å². The van der Waals surface area contributed by atoms with Crippen LogP contribution in [0, 0.1) is 0 Å². The number of thiazole rings is 1. The van der Waals surface area contributed by atoms with Gasteiger partial charge in [-0.2, -0.15) is 0 Å². The van der Waals surface area contributed by atoms with E-state index < -0.39 is 0 Å². The van der Waals surface area contributed by atoms with Crippen molar-refractivity contribution >= 4 is 28.8 Å². The van der Waals surface area contributed by atoms with E-state index in [9.17, 15) is 4.79 Å². The van der Waals surface area contributed by atoms with Crippen LogP contribution in [0.5, 0.6) is 0 Å². The number of aromatic nitrogens is 2. The fraction of sp³-hybridized carbons (Fsp3) is 0.250. The number of hydrogen-bond donors (Lipinski definition) is 1. The Bertz CT molecular complexity index is 530. The van der Waals surface area contributed by atoms with E-state index in [1.54, 1.807) is 35.7 Å². The molecule has 0 saturated carbocycles. The molecule has 0 aromatic carbocycles. The van der Waals surface area contributed by atoms with Crippen molar-refractivity contribution in [3.05, 3.63) is 45.6 Å². The zero-order valence-corrected chi connectivity index (χ0v) is 11.3. The highest BCUT2D eigenvalue weighted by molar-refractivity contribution is 7.09. The summed E-state index contributed by atoms with van der Waals surface area (Å²) < 4.78 is 0. The molecular weight excluding hydrogens is 270 g/mol.